The number of benzene rings is 1. The van der Waals surface area contributed by atoms with Crippen LogP contribution in [0.1, 0.15) is 44.4 Å². The van der Waals surface area contributed by atoms with Gasteiger partial charge in [0, 0.05) is 29.9 Å². The molecule has 3 aromatic heterocycles. The zero-order valence-corrected chi connectivity index (χ0v) is 20.8. The Kier molecular flexibility index (Phi) is 4.84. The highest BCUT2D eigenvalue weighted by Gasteiger charge is 2.56. The maximum absolute atomic E-state index is 13.5. The number of likely N-dealkylation sites (tertiary alicyclic amines) is 1. The average molecular weight is 497 g/mol. The smallest absolute Gasteiger partial charge is 0.233 e. The topological polar surface area (TPSA) is 102 Å². The minimum atomic E-state index is -1.07. The molecule has 1 saturated carbocycles. The van der Waals surface area contributed by atoms with Crippen molar-refractivity contribution < 1.29 is 19.1 Å². The Morgan fingerprint density at radius 1 is 1.08 bits per heavy atom. The first-order chi connectivity index (χ1) is 17.8. The van der Waals surface area contributed by atoms with Crippen LogP contribution in [0.3, 0.4) is 0 Å². The molecule has 0 spiro atoms. The number of morpholine rings is 1. The lowest BCUT2D eigenvalue weighted by Gasteiger charge is -2.31. The first-order valence-corrected chi connectivity index (χ1v) is 12.8. The van der Waals surface area contributed by atoms with Gasteiger partial charge in [-0.15, -0.1) is 0 Å². The molecule has 0 unspecified atom stereocenters. The molecule has 188 valence electrons. The number of ether oxygens (including phenoxy) is 1. The second kappa shape index (κ2) is 7.94. The quantitative estimate of drug-likeness (QED) is 0.442. The summed E-state index contributed by atoms with van der Waals surface area (Å²) in [6, 6.07) is 14.0. The summed E-state index contributed by atoms with van der Waals surface area (Å²) in [5.41, 5.74) is 3.79. The van der Waals surface area contributed by atoms with E-state index in [0.717, 1.165) is 42.5 Å². The summed E-state index contributed by atoms with van der Waals surface area (Å²) in [6.45, 7) is 4.79. The van der Waals surface area contributed by atoms with Crippen molar-refractivity contribution in [2.75, 3.05) is 13.2 Å². The zero-order valence-electron chi connectivity index (χ0n) is 20.8. The first kappa shape index (κ1) is 22.6. The molecular formula is C29H28N4O4. The number of aliphatic hydroxyl groups is 1. The highest BCUT2D eigenvalue weighted by molar-refractivity contribution is 5.93. The molecule has 5 heterocycles. The molecule has 2 aliphatic heterocycles. The van der Waals surface area contributed by atoms with E-state index < -0.39 is 11.0 Å². The van der Waals surface area contributed by atoms with Crippen LogP contribution in [0.5, 0.6) is 0 Å². The Hall–Kier alpha value is -3.62. The standard InChI is InChI=1S/C29H28N4O4/c1-28(2,35)24-11-18(7-10-30-24)25-26-22(31-16-32-25)13-23(37-26)17-3-5-19(6-4-17)29(8-9-29)27(34)33-14-21-12-20(33)15-36-21/h3-7,10-11,13,16,20-21,35H,8-9,12,14-15H2,1-2H3/t20-,21-/m1/s1. The number of amides is 1. The Morgan fingerprint density at radius 2 is 1.89 bits per heavy atom. The third kappa shape index (κ3) is 3.66. The molecule has 2 bridgehead atoms. The molecule has 2 saturated heterocycles. The molecule has 1 amide bonds. The molecule has 8 heteroatoms. The molecule has 3 fully saturated rings. The second-order valence-electron chi connectivity index (χ2n) is 11.0. The van der Waals surface area contributed by atoms with E-state index in [1.165, 1.54) is 6.33 Å². The van der Waals surface area contributed by atoms with Gasteiger partial charge in [-0.2, -0.15) is 0 Å². The van der Waals surface area contributed by atoms with Gasteiger partial charge in [-0.3, -0.25) is 9.78 Å². The van der Waals surface area contributed by atoms with Gasteiger partial charge in [0.25, 0.3) is 0 Å². The maximum Gasteiger partial charge on any atom is 0.233 e. The fourth-order valence-electron chi connectivity index (χ4n) is 5.74. The summed E-state index contributed by atoms with van der Waals surface area (Å²) < 4.78 is 12.0. The summed E-state index contributed by atoms with van der Waals surface area (Å²) in [5, 5.41) is 10.4. The number of fused-ring (bicyclic) bond motifs is 3. The van der Waals surface area contributed by atoms with Crippen LogP contribution in [0.25, 0.3) is 33.7 Å². The monoisotopic (exact) mass is 496 g/mol. The number of hydrogen-bond acceptors (Lipinski definition) is 7. The minimum absolute atomic E-state index is 0.210. The van der Waals surface area contributed by atoms with Gasteiger partial charge in [-0.05, 0) is 50.8 Å². The molecule has 37 heavy (non-hydrogen) atoms. The van der Waals surface area contributed by atoms with Crippen LogP contribution in [0, 0.1) is 0 Å². The SMILES string of the molecule is CC(C)(O)c1cc(-c2ncnc3cc(-c4ccc(C5(C(=O)N6C[C@H]7C[C@@H]6CO7)CC5)cc4)oc23)ccn1. The minimum Gasteiger partial charge on any atom is -0.452 e. The summed E-state index contributed by atoms with van der Waals surface area (Å²) in [7, 11) is 0. The van der Waals surface area contributed by atoms with E-state index in [4.69, 9.17) is 9.15 Å². The van der Waals surface area contributed by atoms with Crippen molar-refractivity contribution in [3.8, 4) is 22.6 Å². The Balaban J connectivity index is 1.19. The largest absolute Gasteiger partial charge is 0.452 e. The molecule has 0 radical (unpaired) electrons. The third-order valence-electron chi connectivity index (χ3n) is 8.01. The lowest BCUT2D eigenvalue weighted by atomic mass is 9.92. The molecule has 8 nitrogen and oxygen atoms in total. The van der Waals surface area contributed by atoms with Crippen LogP contribution < -0.4 is 0 Å². The third-order valence-corrected chi connectivity index (χ3v) is 8.01. The molecule has 3 aliphatic rings. The van der Waals surface area contributed by atoms with Gasteiger partial charge in [0.15, 0.2) is 5.58 Å². The number of hydrogen-bond donors (Lipinski definition) is 1. The highest BCUT2D eigenvalue weighted by atomic mass is 16.5. The first-order valence-electron chi connectivity index (χ1n) is 12.8. The normalized spacial score (nSPS) is 22.1. The van der Waals surface area contributed by atoms with E-state index in [-0.39, 0.29) is 18.1 Å². The summed E-state index contributed by atoms with van der Waals surface area (Å²) in [6.07, 6.45) is 6.14. The molecule has 1 N–H and O–H groups in total. The average Bonchev–Trinajstić information content (AvgIpc) is 3.22. The number of furan rings is 1. The Morgan fingerprint density at radius 3 is 2.57 bits per heavy atom. The number of pyridine rings is 1. The number of carbonyl (C=O) groups is 1. The highest BCUT2D eigenvalue weighted by Crippen LogP contribution is 2.51. The van der Waals surface area contributed by atoms with Crippen LogP contribution in [0.2, 0.25) is 0 Å². The maximum atomic E-state index is 13.5. The van der Waals surface area contributed by atoms with Gasteiger partial charge in [-0.25, -0.2) is 9.97 Å². The predicted molar refractivity (Wildman–Crippen MR) is 136 cm³/mol. The number of nitrogens with zero attached hydrogens (tertiary/aromatic N) is 4. The molecule has 1 aliphatic carbocycles. The van der Waals surface area contributed by atoms with Gasteiger partial charge in [-0.1, -0.05) is 24.3 Å². The second-order valence-corrected chi connectivity index (χ2v) is 11.0. The zero-order chi connectivity index (χ0) is 25.4. The number of aromatic nitrogens is 3. The number of carbonyl (C=O) groups excluding carboxylic acids is 1. The summed E-state index contributed by atoms with van der Waals surface area (Å²) >= 11 is 0. The van der Waals surface area contributed by atoms with Crippen LogP contribution >= 0.6 is 0 Å². The van der Waals surface area contributed by atoms with Gasteiger partial charge in [0.1, 0.15) is 28.9 Å². The molecule has 7 rings (SSSR count). The van der Waals surface area contributed by atoms with Crippen molar-refractivity contribution in [1.29, 1.82) is 0 Å². The summed E-state index contributed by atoms with van der Waals surface area (Å²) in [4.78, 5) is 28.7. The number of rotatable bonds is 5. The van der Waals surface area contributed by atoms with E-state index in [9.17, 15) is 9.90 Å². The fourth-order valence-corrected chi connectivity index (χ4v) is 5.74. The van der Waals surface area contributed by atoms with E-state index in [1.54, 1.807) is 20.0 Å². The van der Waals surface area contributed by atoms with E-state index >= 15 is 0 Å². The molecule has 4 aromatic rings. The van der Waals surface area contributed by atoms with Crippen LogP contribution in [-0.4, -0.2) is 56.2 Å². The molecular weight excluding hydrogens is 468 g/mol. The van der Waals surface area contributed by atoms with E-state index in [2.05, 4.69) is 32.0 Å². The van der Waals surface area contributed by atoms with Crippen molar-refractivity contribution in [3.63, 3.8) is 0 Å². The van der Waals surface area contributed by atoms with Crippen molar-refractivity contribution in [2.24, 2.45) is 0 Å². The molecule has 1 aromatic carbocycles. The lowest BCUT2D eigenvalue weighted by molar-refractivity contribution is -0.138. The van der Waals surface area contributed by atoms with Crippen molar-refractivity contribution in [1.82, 2.24) is 19.9 Å². The van der Waals surface area contributed by atoms with Crippen LogP contribution in [-0.2, 0) is 20.5 Å². The van der Waals surface area contributed by atoms with Crippen LogP contribution in [0.15, 0.2) is 59.4 Å². The predicted octanol–water partition coefficient (Wildman–Crippen LogP) is 4.21. The fraction of sp³-hybridized carbons (Fsp3) is 0.379. The van der Waals surface area contributed by atoms with E-state index in [1.807, 2.05) is 30.3 Å². The lowest BCUT2D eigenvalue weighted by Crippen LogP contribution is -2.46. The Bertz CT molecular complexity index is 1520. The van der Waals surface area contributed by atoms with Crippen molar-refractivity contribution in [2.45, 2.75) is 56.3 Å². The Labute approximate surface area is 214 Å². The van der Waals surface area contributed by atoms with Crippen molar-refractivity contribution in [3.05, 3.63) is 66.2 Å². The van der Waals surface area contributed by atoms with Crippen molar-refractivity contribution >= 4 is 17.0 Å². The van der Waals surface area contributed by atoms with Gasteiger partial charge >= 0.3 is 0 Å². The van der Waals surface area contributed by atoms with Gasteiger partial charge in [0.05, 0.1) is 29.9 Å². The molecule has 2 atom stereocenters. The van der Waals surface area contributed by atoms with E-state index in [0.29, 0.717) is 34.9 Å². The summed E-state index contributed by atoms with van der Waals surface area (Å²) in [5.74, 6) is 0.938. The van der Waals surface area contributed by atoms with Gasteiger partial charge in [0.2, 0.25) is 5.91 Å². The van der Waals surface area contributed by atoms with Crippen LogP contribution in [0.4, 0.5) is 0 Å². The van der Waals surface area contributed by atoms with Gasteiger partial charge < -0.3 is 19.2 Å².